The van der Waals surface area contributed by atoms with Crippen molar-refractivity contribution < 1.29 is 35.9 Å². The molecule has 3 saturated carbocycles. The van der Waals surface area contributed by atoms with Crippen LogP contribution in [0.5, 0.6) is 0 Å². The highest BCUT2D eigenvalue weighted by atomic mass is 32.2. The molecule has 1 aromatic carbocycles. The maximum Gasteiger partial charge on any atom is 0.418 e. The fourth-order valence-electron chi connectivity index (χ4n) is 8.26. The van der Waals surface area contributed by atoms with Crippen LogP contribution in [0.3, 0.4) is 0 Å². The molecule has 1 aliphatic heterocycles. The number of anilines is 1. The summed E-state index contributed by atoms with van der Waals surface area (Å²) in [6, 6.07) is 1.14. The zero-order valence-electron chi connectivity index (χ0n) is 21.4. The number of fused-ring (bicyclic) bond motifs is 5. The number of nitrogens with one attached hydrogen (secondary N) is 1. The lowest BCUT2D eigenvalue weighted by Gasteiger charge is -2.60. The first-order chi connectivity index (χ1) is 17.6. The number of benzene rings is 1. The van der Waals surface area contributed by atoms with Crippen molar-refractivity contribution in [2.45, 2.75) is 70.5 Å². The van der Waals surface area contributed by atoms with Gasteiger partial charge in [0.15, 0.2) is 0 Å². The van der Waals surface area contributed by atoms with Gasteiger partial charge in [0.25, 0.3) is 0 Å². The first-order valence-corrected chi connectivity index (χ1v) is 13.9. The molecule has 1 amide bonds. The van der Waals surface area contributed by atoms with Crippen LogP contribution in [-0.4, -0.2) is 16.3 Å². The SMILES string of the molecule is CC1CC2SC(=O)C=C[C@]2(C)[C@@H]2CC[C@]3(C)C(C(=O)Nc4cc(C(F)(F)F)ccc4C(F)(F)F)CC[C@H]3[C@H]12. The number of amides is 1. The minimum Gasteiger partial charge on any atom is -0.325 e. The third-order valence-electron chi connectivity index (χ3n) is 10.1. The average Bonchev–Trinajstić information content (AvgIpc) is 3.16. The maximum absolute atomic E-state index is 13.6. The maximum atomic E-state index is 13.6. The van der Waals surface area contributed by atoms with E-state index < -0.39 is 46.4 Å². The highest BCUT2D eigenvalue weighted by Gasteiger charge is 2.62. The van der Waals surface area contributed by atoms with Gasteiger partial charge in [-0.3, -0.25) is 9.59 Å². The summed E-state index contributed by atoms with van der Waals surface area (Å²) >= 11 is 1.40. The van der Waals surface area contributed by atoms with E-state index in [1.807, 2.05) is 6.92 Å². The molecule has 8 atom stereocenters. The number of halogens is 6. The largest absolute Gasteiger partial charge is 0.418 e. The van der Waals surface area contributed by atoms with Crippen molar-refractivity contribution in [1.82, 2.24) is 0 Å². The Morgan fingerprint density at radius 2 is 1.74 bits per heavy atom. The van der Waals surface area contributed by atoms with Gasteiger partial charge in [-0.05, 0) is 85.5 Å². The van der Waals surface area contributed by atoms with Crippen molar-refractivity contribution in [3.05, 3.63) is 41.5 Å². The highest BCUT2D eigenvalue weighted by Crippen LogP contribution is 2.67. The zero-order valence-corrected chi connectivity index (χ0v) is 22.2. The van der Waals surface area contributed by atoms with Crippen LogP contribution in [0.1, 0.15) is 64.0 Å². The highest BCUT2D eigenvalue weighted by molar-refractivity contribution is 8.14. The molecule has 38 heavy (non-hydrogen) atoms. The van der Waals surface area contributed by atoms with E-state index in [4.69, 9.17) is 0 Å². The van der Waals surface area contributed by atoms with Crippen LogP contribution < -0.4 is 5.32 Å². The van der Waals surface area contributed by atoms with Crippen molar-refractivity contribution >= 4 is 28.5 Å². The summed E-state index contributed by atoms with van der Waals surface area (Å²) < 4.78 is 80.6. The summed E-state index contributed by atoms with van der Waals surface area (Å²) in [5, 5.41) is 2.53. The molecule has 3 unspecified atom stereocenters. The molecule has 0 radical (unpaired) electrons. The van der Waals surface area contributed by atoms with Crippen molar-refractivity contribution in [2.24, 2.45) is 40.4 Å². The van der Waals surface area contributed by atoms with Crippen LogP contribution >= 0.6 is 11.8 Å². The van der Waals surface area contributed by atoms with Gasteiger partial charge < -0.3 is 5.32 Å². The number of rotatable bonds is 2. The Kier molecular flexibility index (Phi) is 6.56. The average molecular weight is 560 g/mol. The Morgan fingerprint density at radius 1 is 1.03 bits per heavy atom. The quantitative estimate of drug-likeness (QED) is 0.374. The molecule has 0 bridgehead atoms. The molecule has 1 heterocycles. The van der Waals surface area contributed by atoms with Crippen LogP contribution in [0.4, 0.5) is 32.0 Å². The fourth-order valence-corrected chi connectivity index (χ4v) is 9.59. The summed E-state index contributed by atoms with van der Waals surface area (Å²) in [6.07, 6.45) is -2.40. The van der Waals surface area contributed by atoms with Crippen LogP contribution in [0, 0.1) is 40.4 Å². The minimum absolute atomic E-state index is 0.0733. The third kappa shape index (κ3) is 4.38. The van der Waals surface area contributed by atoms with E-state index in [1.54, 1.807) is 6.08 Å². The lowest BCUT2D eigenvalue weighted by molar-refractivity contribution is -0.141. The van der Waals surface area contributed by atoms with E-state index in [0.717, 1.165) is 19.3 Å². The Labute approximate surface area is 222 Å². The Bertz CT molecular complexity index is 1180. The van der Waals surface area contributed by atoms with Gasteiger partial charge in [-0.15, -0.1) is 0 Å². The Balaban J connectivity index is 1.42. The second-order valence-corrected chi connectivity index (χ2v) is 13.3. The smallest absolute Gasteiger partial charge is 0.325 e. The number of hydrogen-bond donors (Lipinski definition) is 1. The fraction of sp³-hybridized carbons (Fsp3) is 0.643. The molecule has 0 spiro atoms. The number of carbonyl (C=O) groups excluding carboxylic acids is 2. The van der Waals surface area contributed by atoms with Gasteiger partial charge in [-0.2, -0.15) is 26.3 Å². The van der Waals surface area contributed by atoms with Crippen LogP contribution in [-0.2, 0) is 21.9 Å². The molecule has 0 aromatic heterocycles. The van der Waals surface area contributed by atoms with E-state index >= 15 is 0 Å². The second-order valence-electron chi connectivity index (χ2n) is 12.0. The lowest BCUT2D eigenvalue weighted by Crippen LogP contribution is -2.56. The summed E-state index contributed by atoms with van der Waals surface area (Å²) in [4.78, 5) is 25.6. The predicted molar refractivity (Wildman–Crippen MR) is 133 cm³/mol. The van der Waals surface area contributed by atoms with E-state index in [0.29, 0.717) is 48.8 Å². The van der Waals surface area contributed by atoms with E-state index in [-0.39, 0.29) is 21.7 Å². The van der Waals surface area contributed by atoms with Crippen molar-refractivity contribution in [1.29, 1.82) is 0 Å². The zero-order chi connectivity index (χ0) is 27.8. The third-order valence-corrected chi connectivity index (χ3v) is 11.5. The summed E-state index contributed by atoms with van der Waals surface area (Å²) in [7, 11) is 0. The van der Waals surface area contributed by atoms with Crippen LogP contribution in [0.15, 0.2) is 30.4 Å². The summed E-state index contributed by atoms with van der Waals surface area (Å²) in [5.41, 5.74) is -4.00. The molecule has 4 aliphatic rings. The second kappa shape index (κ2) is 9.03. The molecule has 3 aliphatic carbocycles. The Morgan fingerprint density at radius 3 is 2.39 bits per heavy atom. The summed E-state index contributed by atoms with van der Waals surface area (Å²) in [6.45, 7) is 6.43. The Hall–Kier alpha value is -1.97. The molecular formula is C28H31F6NO2S. The van der Waals surface area contributed by atoms with Gasteiger partial charge in [0.05, 0.1) is 16.8 Å². The van der Waals surface area contributed by atoms with Crippen molar-refractivity contribution in [3.8, 4) is 0 Å². The molecule has 3 nitrogen and oxygen atoms in total. The molecule has 208 valence electrons. The van der Waals surface area contributed by atoms with Gasteiger partial charge in [0, 0.05) is 16.6 Å². The molecule has 1 aromatic rings. The van der Waals surface area contributed by atoms with Crippen molar-refractivity contribution in [3.63, 3.8) is 0 Å². The van der Waals surface area contributed by atoms with E-state index in [2.05, 4.69) is 25.2 Å². The number of allylic oxidation sites excluding steroid dienone is 1. The van der Waals surface area contributed by atoms with Gasteiger partial charge in [-0.1, -0.05) is 38.6 Å². The van der Waals surface area contributed by atoms with Crippen LogP contribution in [0.25, 0.3) is 0 Å². The molecule has 0 saturated heterocycles. The molecule has 3 fully saturated rings. The predicted octanol–water partition coefficient (Wildman–Crippen LogP) is 7.97. The van der Waals surface area contributed by atoms with Gasteiger partial charge >= 0.3 is 12.4 Å². The normalized spacial score (nSPS) is 38.8. The molecular weight excluding hydrogens is 528 g/mol. The first-order valence-electron chi connectivity index (χ1n) is 13.0. The first kappa shape index (κ1) is 27.6. The minimum atomic E-state index is -4.91. The number of hydrogen-bond acceptors (Lipinski definition) is 3. The number of alkyl halides is 6. The monoisotopic (exact) mass is 559 g/mol. The topological polar surface area (TPSA) is 46.2 Å². The van der Waals surface area contributed by atoms with Crippen molar-refractivity contribution in [2.75, 3.05) is 5.32 Å². The summed E-state index contributed by atoms with van der Waals surface area (Å²) in [5.74, 6) is -0.135. The van der Waals surface area contributed by atoms with E-state index in [1.165, 1.54) is 11.8 Å². The number of carbonyl (C=O) groups is 2. The van der Waals surface area contributed by atoms with Gasteiger partial charge in [0.1, 0.15) is 0 Å². The van der Waals surface area contributed by atoms with E-state index in [9.17, 15) is 35.9 Å². The van der Waals surface area contributed by atoms with Gasteiger partial charge in [0.2, 0.25) is 11.0 Å². The molecule has 10 heteroatoms. The van der Waals surface area contributed by atoms with Gasteiger partial charge in [-0.25, -0.2) is 0 Å². The standard InChI is InChI=1S/C28H31F6NO2S/c1-14-12-21-26(3,11-9-22(36)38-21)18-8-10-25(2)17(23(14)18)6-7-19(25)24(37)35-20-13-15(27(29,30)31)4-5-16(20)28(32,33)34/h4-5,9,11,13-14,17-19,21,23H,6-8,10,12H2,1-3H3,(H,35,37)/t14?,17-,18+,19?,21?,23-,25-,26+/m0/s1. The lowest BCUT2D eigenvalue weighted by atomic mass is 9.47. The molecule has 5 rings (SSSR count). The number of thioether (sulfide) groups is 1. The molecule has 1 N–H and O–H groups in total. The van der Waals surface area contributed by atoms with Crippen LogP contribution in [0.2, 0.25) is 0 Å².